The number of sulfone groups is 1. The molecule has 2 N–H and O–H groups in total. The first kappa shape index (κ1) is 22.6. The Balaban J connectivity index is 1.96. The van der Waals surface area contributed by atoms with Crippen LogP contribution in [0.1, 0.15) is 38.4 Å². The smallest absolute Gasteiger partial charge is 0.336 e. The lowest BCUT2D eigenvalue weighted by molar-refractivity contribution is -0.161. The van der Waals surface area contributed by atoms with Crippen molar-refractivity contribution < 1.29 is 22.8 Å². The lowest BCUT2D eigenvalue weighted by Gasteiger charge is -2.22. The van der Waals surface area contributed by atoms with Crippen molar-refractivity contribution in [2.75, 3.05) is 5.75 Å². The second-order valence-corrected chi connectivity index (χ2v) is 10.6. The van der Waals surface area contributed by atoms with Crippen LogP contribution in [0.4, 0.5) is 0 Å². The molecule has 0 fully saturated rings. The molecule has 1 atom stereocenters. The molecule has 0 saturated carbocycles. The molecule has 1 aromatic carbocycles. The molecule has 0 aliphatic heterocycles. The first-order valence-electron chi connectivity index (χ1n) is 9.32. The van der Waals surface area contributed by atoms with Crippen molar-refractivity contribution in [2.45, 2.75) is 44.8 Å². The summed E-state index contributed by atoms with van der Waals surface area (Å²) in [5, 5.41) is 0. The van der Waals surface area contributed by atoms with Gasteiger partial charge in [0.25, 0.3) is 5.91 Å². The third kappa shape index (κ3) is 7.01. The van der Waals surface area contributed by atoms with E-state index in [1.807, 2.05) is 30.3 Å². The van der Waals surface area contributed by atoms with E-state index in [-0.39, 0.29) is 12.8 Å². The summed E-state index contributed by atoms with van der Waals surface area (Å²) in [5.41, 5.74) is 3.65. The van der Waals surface area contributed by atoms with Crippen LogP contribution in [0.3, 0.4) is 0 Å². The number of hydrogen-bond donors (Lipinski definition) is 2. The highest BCUT2D eigenvalue weighted by molar-refractivity contribution is 7.92. The number of nitrogens with one attached hydrogen (secondary N) is 2. The highest BCUT2D eigenvalue weighted by Crippen LogP contribution is 2.21. The number of hydroxylamine groups is 1. The zero-order valence-corrected chi connectivity index (χ0v) is 17.7. The largest absolute Gasteiger partial charge is 0.351 e. The predicted octanol–water partition coefficient (Wildman–Crippen LogP) is 1.99. The van der Waals surface area contributed by atoms with Gasteiger partial charge in [-0.2, -0.15) is 5.48 Å². The molecule has 0 bridgehead atoms. The van der Waals surface area contributed by atoms with Crippen molar-refractivity contribution in [3.8, 4) is 0 Å². The number of aromatic amines is 1. The van der Waals surface area contributed by atoms with Crippen molar-refractivity contribution in [3.63, 3.8) is 0 Å². The Morgan fingerprint density at radius 3 is 2.48 bits per heavy atom. The highest BCUT2D eigenvalue weighted by atomic mass is 32.2. The fourth-order valence-electron chi connectivity index (χ4n) is 2.52. The summed E-state index contributed by atoms with van der Waals surface area (Å²) >= 11 is 0. The standard InChI is InChI=1S/C20H27N3O5S/c1-20(2,3)29(26,27)13-16(11-17-12-21-14-22-17)19(25)28-23-18(24)10-9-15-7-5-4-6-8-15/h4-8,12,14,16H,9-11,13H2,1-3H3,(H,21,22)(H,23,24)/t16-/m1/s1. The van der Waals surface area contributed by atoms with Crippen molar-refractivity contribution in [1.82, 2.24) is 15.4 Å². The van der Waals surface area contributed by atoms with Gasteiger partial charge in [0.15, 0.2) is 9.84 Å². The highest BCUT2D eigenvalue weighted by Gasteiger charge is 2.35. The fourth-order valence-corrected chi connectivity index (χ4v) is 3.81. The molecule has 0 spiro atoms. The van der Waals surface area contributed by atoms with Crippen LogP contribution in [-0.2, 0) is 37.1 Å². The number of nitrogens with zero attached hydrogens (tertiary/aromatic N) is 1. The van der Waals surface area contributed by atoms with Crippen molar-refractivity contribution in [1.29, 1.82) is 0 Å². The summed E-state index contributed by atoms with van der Waals surface area (Å²) in [5.74, 6) is -2.66. The van der Waals surface area contributed by atoms with E-state index in [1.165, 1.54) is 6.33 Å². The Morgan fingerprint density at radius 1 is 1.21 bits per heavy atom. The number of H-pyrrole nitrogens is 1. The molecule has 1 heterocycles. The molecule has 2 rings (SSSR count). The number of aromatic nitrogens is 2. The maximum absolute atomic E-state index is 12.6. The minimum absolute atomic E-state index is 0.0809. The molecule has 0 unspecified atom stereocenters. The maximum Gasteiger partial charge on any atom is 0.336 e. The van der Waals surface area contributed by atoms with Crippen LogP contribution in [0.5, 0.6) is 0 Å². The average Bonchev–Trinajstić information content (AvgIpc) is 3.16. The third-order valence-electron chi connectivity index (χ3n) is 4.45. The van der Waals surface area contributed by atoms with Gasteiger partial charge < -0.3 is 9.82 Å². The molecule has 29 heavy (non-hydrogen) atoms. The minimum atomic E-state index is -3.58. The van der Waals surface area contributed by atoms with Crippen molar-refractivity contribution in [2.24, 2.45) is 5.92 Å². The van der Waals surface area contributed by atoms with Gasteiger partial charge in [-0.05, 0) is 32.8 Å². The zero-order valence-electron chi connectivity index (χ0n) is 16.8. The lowest BCUT2D eigenvalue weighted by Crippen LogP contribution is -2.39. The van der Waals surface area contributed by atoms with Crippen LogP contribution in [0.25, 0.3) is 0 Å². The maximum atomic E-state index is 12.6. The number of aryl methyl sites for hydroxylation is 1. The Bertz CT molecular complexity index is 903. The fraction of sp³-hybridized carbons (Fsp3) is 0.450. The molecular formula is C20H27N3O5S. The molecule has 2 aromatic rings. The summed E-state index contributed by atoms with van der Waals surface area (Å²) in [6.07, 6.45) is 3.75. The summed E-state index contributed by atoms with van der Waals surface area (Å²) in [4.78, 5) is 36.2. The Labute approximate surface area is 170 Å². The average molecular weight is 422 g/mol. The van der Waals surface area contributed by atoms with Crippen LogP contribution in [-0.4, -0.2) is 40.8 Å². The monoisotopic (exact) mass is 421 g/mol. The van der Waals surface area contributed by atoms with Crippen LogP contribution < -0.4 is 5.48 Å². The second-order valence-electron chi connectivity index (χ2n) is 7.79. The van der Waals surface area contributed by atoms with E-state index >= 15 is 0 Å². The Hall–Kier alpha value is -2.68. The van der Waals surface area contributed by atoms with E-state index in [0.29, 0.717) is 12.1 Å². The van der Waals surface area contributed by atoms with Gasteiger partial charge in [-0.25, -0.2) is 18.2 Å². The molecule has 0 aliphatic rings. The van der Waals surface area contributed by atoms with Gasteiger partial charge in [0.05, 0.1) is 28.4 Å². The van der Waals surface area contributed by atoms with E-state index in [9.17, 15) is 18.0 Å². The summed E-state index contributed by atoms with van der Waals surface area (Å²) in [6, 6.07) is 9.44. The van der Waals surface area contributed by atoms with E-state index in [4.69, 9.17) is 4.84 Å². The molecule has 8 nitrogen and oxygen atoms in total. The Kier molecular flexibility index (Phi) is 7.55. The molecule has 0 radical (unpaired) electrons. The Morgan fingerprint density at radius 2 is 1.90 bits per heavy atom. The number of carbonyl (C=O) groups excluding carboxylic acids is 2. The third-order valence-corrected chi connectivity index (χ3v) is 7.15. The van der Waals surface area contributed by atoms with Gasteiger partial charge in [0, 0.05) is 19.0 Å². The van der Waals surface area contributed by atoms with E-state index in [2.05, 4.69) is 15.4 Å². The second kappa shape index (κ2) is 9.69. The van der Waals surface area contributed by atoms with Crippen molar-refractivity contribution in [3.05, 3.63) is 54.1 Å². The minimum Gasteiger partial charge on any atom is -0.351 e. The van der Waals surface area contributed by atoms with Gasteiger partial charge in [-0.3, -0.25) is 4.79 Å². The van der Waals surface area contributed by atoms with Crippen molar-refractivity contribution >= 4 is 21.7 Å². The van der Waals surface area contributed by atoms with E-state index in [1.54, 1.807) is 27.0 Å². The number of carbonyl (C=O) groups is 2. The summed E-state index contributed by atoms with van der Waals surface area (Å²) in [7, 11) is -3.58. The van der Waals surface area contributed by atoms with Gasteiger partial charge in [-0.15, -0.1) is 0 Å². The predicted molar refractivity (Wildman–Crippen MR) is 108 cm³/mol. The number of amides is 1. The van der Waals surface area contributed by atoms with Crippen LogP contribution in [0.2, 0.25) is 0 Å². The first-order valence-corrected chi connectivity index (χ1v) is 11.0. The van der Waals surface area contributed by atoms with Crippen LogP contribution in [0, 0.1) is 5.92 Å². The normalized spacial score (nSPS) is 12.9. The summed E-state index contributed by atoms with van der Waals surface area (Å²) in [6.45, 7) is 4.72. The zero-order chi connectivity index (χ0) is 21.5. The molecule has 0 saturated heterocycles. The quantitative estimate of drug-likeness (QED) is 0.629. The molecule has 0 aliphatic carbocycles. The number of benzene rings is 1. The number of rotatable bonds is 8. The van der Waals surface area contributed by atoms with Gasteiger partial charge in [-0.1, -0.05) is 30.3 Å². The number of imidazole rings is 1. The first-order chi connectivity index (χ1) is 13.6. The van der Waals surface area contributed by atoms with Gasteiger partial charge >= 0.3 is 5.97 Å². The van der Waals surface area contributed by atoms with E-state index < -0.39 is 38.1 Å². The van der Waals surface area contributed by atoms with Gasteiger partial charge in [0.1, 0.15) is 0 Å². The number of hydrogen-bond acceptors (Lipinski definition) is 6. The summed E-state index contributed by atoms with van der Waals surface area (Å²) < 4.78 is 24.1. The molecule has 1 amide bonds. The molecule has 158 valence electrons. The lowest BCUT2D eigenvalue weighted by atomic mass is 10.1. The topological polar surface area (TPSA) is 118 Å². The van der Waals surface area contributed by atoms with Crippen LogP contribution in [0.15, 0.2) is 42.9 Å². The van der Waals surface area contributed by atoms with Crippen LogP contribution >= 0.6 is 0 Å². The van der Waals surface area contributed by atoms with E-state index in [0.717, 1.165) is 5.56 Å². The molecular weight excluding hydrogens is 394 g/mol. The van der Waals surface area contributed by atoms with Gasteiger partial charge in [0.2, 0.25) is 0 Å². The molecule has 9 heteroatoms. The SMILES string of the molecule is CC(C)(C)S(=O)(=O)C[C@@H](Cc1c[nH]cn1)C(=O)ONC(=O)CCc1ccccc1. The molecule has 1 aromatic heterocycles.